The minimum atomic E-state index is 0.375. The maximum absolute atomic E-state index is 6.40. The molecule has 0 spiro atoms. The lowest BCUT2D eigenvalue weighted by Gasteiger charge is -2.18. The topological polar surface area (TPSA) is 72.1 Å². The smallest absolute Gasteiger partial charge is 0.141 e. The highest BCUT2D eigenvalue weighted by Gasteiger charge is 2.17. The van der Waals surface area contributed by atoms with Crippen molar-refractivity contribution < 1.29 is 9.47 Å². The number of hydrogen-bond donors (Lipinski definition) is 2. The number of ether oxygens (including phenoxy) is 2. The summed E-state index contributed by atoms with van der Waals surface area (Å²) in [7, 11) is 0. The molecule has 33 heavy (non-hydrogen) atoms. The molecular weight excluding hydrogens is 412 g/mol. The summed E-state index contributed by atoms with van der Waals surface area (Å²) >= 11 is 0. The average Bonchev–Trinajstić information content (AvgIpc) is 3.54. The van der Waals surface area contributed by atoms with Gasteiger partial charge < -0.3 is 19.8 Å². The standard InChI is InChI=1S/C27H28N4O2/c1-2-22(32-13-1)6-4-21-14-19(8-11-29-21)24-17-31-27-26(24)25(9-12-30-27)33-23-5-3-18-7-10-28-16-20(18)15-23/h3,5,8-9,11-12,14-15,17,22,28H,1-2,4,6-7,10,13,16H2,(H,30,31)/t22-/m1/s1. The van der Waals surface area contributed by atoms with Crippen LogP contribution in [0.4, 0.5) is 0 Å². The Hall–Kier alpha value is -3.22. The van der Waals surface area contributed by atoms with Crippen molar-refractivity contribution in [3.63, 3.8) is 0 Å². The molecule has 4 aromatic rings. The number of aryl methyl sites for hydroxylation is 1. The number of pyridine rings is 2. The van der Waals surface area contributed by atoms with Gasteiger partial charge in [0.05, 0.1) is 11.5 Å². The minimum Gasteiger partial charge on any atom is -0.457 e. The number of aromatic nitrogens is 3. The third-order valence-corrected chi connectivity index (χ3v) is 6.70. The minimum absolute atomic E-state index is 0.375. The number of rotatable bonds is 6. The molecule has 0 saturated carbocycles. The second-order valence-electron chi connectivity index (χ2n) is 8.90. The molecular formula is C27H28N4O2. The van der Waals surface area contributed by atoms with Gasteiger partial charge in [0, 0.05) is 43.0 Å². The SMILES string of the molecule is c1cc(-c2c[nH]c3nccc(Oc4ccc5c(c4)CNCC5)c23)cc(CC[C@H]2CCCO2)n1. The fraction of sp³-hybridized carbons (Fsp3) is 0.333. The highest BCUT2D eigenvalue weighted by Crippen LogP contribution is 2.37. The Morgan fingerprint density at radius 3 is 2.97 bits per heavy atom. The number of benzene rings is 1. The van der Waals surface area contributed by atoms with E-state index in [-0.39, 0.29) is 0 Å². The lowest BCUT2D eigenvalue weighted by molar-refractivity contribution is 0.104. The van der Waals surface area contributed by atoms with Gasteiger partial charge in [-0.25, -0.2) is 4.98 Å². The highest BCUT2D eigenvalue weighted by atomic mass is 16.5. The lowest BCUT2D eigenvalue weighted by Crippen LogP contribution is -2.23. The zero-order valence-electron chi connectivity index (χ0n) is 18.6. The molecule has 0 amide bonds. The number of H-pyrrole nitrogens is 1. The van der Waals surface area contributed by atoms with Gasteiger partial charge in [-0.2, -0.15) is 0 Å². The fourth-order valence-corrected chi connectivity index (χ4v) is 4.95. The van der Waals surface area contributed by atoms with Crippen molar-refractivity contribution in [1.82, 2.24) is 20.3 Å². The third kappa shape index (κ3) is 4.24. The van der Waals surface area contributed by atoms with Crippen molar-refractivity contribution in [2.24, 2.45) is 0 Å². The van der Waals surface area contributed by atoms with Crippen LogP contribution in [0.2, 0.25) is 0 Å². The first-order valence-corrected chi connectivity index (χ1v) is 11.9. The van der Waals surface area contributed by atoms with Gasteiger partial charge in [0.2, 0.25) is 0 Å². The first-order valence-electron chi connectivity index (χ1n) is 11.9. The number of nitrogens with zero attached hydrogens (tertiary/aromatic N) is 2. The van der Waals surface area contributed by atoms with Gasteiger partial charge in [-0.15, -0.1) is 0 Å². The van der Waals surface area contributed by atoms with Crippen molar-refractivity contribution in [1.29, 1.82) is 0 Å². The second kappa shape index (κ2) is 8.96. The van der Waals surface area contributed by atoms with Crippen LogP contribution in [0.25, 0.3) is 22.2 Å². The van der Waals surface area contributed by atoms with Gasteiger partial charge in [-0.05, 0) is 85.7 Å². The van der Waals surface area contributed by atoms with Crippen LogP contribution < -0.4 is 10.1 Å². The first-order chi connectivity index (χ1) is 16.3. The highest BCUT2D eigenvalue weighted by molar-refractivity contribution is 5.98. The predicted octanol–water partition coefficient (Wildman–Crippen LogP) is 5.17. The van der Waals surface area contributed by atoms with Crippen molar-refractivity contribution in [2.75, 3.05) is 13.2 Å². The van der Waals surface area contributed by atoms with E-state index in [0.29, 0.717) is 6.10 Å². The van der Waals surface area contributed by atoms with E-state index in [2.05, 4.69) is 50.6 Å². The predicted molar refractivity (Wildman–Crippen MR) is 129 cm³/mol. The normalized spacial score (nSPS) is 17.9. The lowest BCUT2D eigenvalue weighted by atomic mass is 10.0. The van der Waals surface area contributed by atoms with Crippen molar-refractivity contribution >= 4 is 11.0 Å². The molecule has 1 aromatic carbocycles. The van der Waals surface area contributed by atoms with Gasteiger partial charge in [-0.1, -0.05) is 6.07 Å². The Morgan fingerprint density at radius 2 is 2.03 bits per heavy atom. The molecule has 0 radical (unpaired) electrons. The van der Waals surface area contributed by atoms with E-state index in [9.17, 15) is 0 Å². The van der Waals surface area contributed by atoms with Crippen LogP contribution in [0.1, 0.15) is 36.1 Å². The quantitative estimate of drug-likeness (QED) is 0.433. The third-order valence-electron chi connectivity index (χ3n) is 6.70. The molecule has 1 saturated heterocycles. The van der Waals surface area contributed by atoms with Crippen molar-refractivity contribution in [2.45, 2.75) is 44.8 Å². The zero-order chi connectivity index (χ0) is 22.0. The summed E-state index contributed by atoms with van der Waals surface area (Å²) in [5.74, 6) is 1.65. The molecule has 0 unspecified atom stereocenters. The molecule has 1 fully saturated rings. The molecule has 6 heteroatoms. The number of aromatic amines is 1. The number of hydrogen-bond acceptors (Lipinski definition) is 5. The monoisotopic (exact) mass is 440 g/mol. The van der Waals surface area contributed by atoms with Crippen LogP contribution in [0.3, 0.4) is 0 Å². The maximum atomic E-state index is 6.40. The Kier molecular flexibility index (Phi) is 5.54. The largest absolute Gasteiger partial charge is 0.457 e. The second-order valence-corrected chi connectivity index (χ2v) is 8.90. The summed E-state index contributed by atoms with van der Waals surface area (Å²) < 4.78 is 12.2. The van der Waals surface area contributed by atoms with Gasteiger partial charge in [0.1, 0.15) is 17.1 Å². The molecule has 5 heterocycles. The summed E-state index contributed by atoms with van der Waals surface area (Å²) in [6, 6.07) is 12.6. The Balaban J connectivity index is 1.30. The molecule has 0 aliphatic carbocycles. The zero-order valence-corrected chi connectivity index (χ0v) is 18.6. The Bertz CT molecular complexity index is 1280. The van der Waals surface area contributed by atoms with Gasteiger partial charge in [0.15, 0.2) is 0 Å². The van der Waals surface area contributed by atoms with E-state index >= 15 is 0 Å². The van der Waals surface area contributed by atoms with Gasteiger partial charge in [-0.3, -0.25) is 4.98 Å². The summed E-state index contributed by atoms with van der Waals surface area (Å²) in [6.07, 6.45) is 11.4. The Labute approximate surface area is 193 Å². The van der Waals surface area contributed by atoms with E-state index in [1.165, 1.54) is 17.5 Å². The maximum Gasteiger partial charge on any atom is 0.141 e. The van der Waals surface area contributed by atoms with Crippen LogP contribution in [-0.2, 0) is 24.1 Å². The molecule has 2 aliphatic rings. The molecule has 6 nitrogen and oxygen atoms in total. The van der Waals surface area contributed by atoms with Gasteiger partial charge in [0.25, 0.3) is 0 Å². The molecule has 3 aromatic heterocycles. The van der Waals surface area contributed by atoms with E-state index in [1.807, 2.05) is 18.5 Å². The van der Waals surface area contributed by atoms with E-state index in [4.69, 9.17) is 9.47 Å². The van der Waals surface area contributed by atoms with E-state index < -0.39 is 0 Å². The first kappa shape index (κ1) is 20.4. The van der Waals surface area contributed by atoms with Crippen LogP contribution in [-0.4, -0.2) is 34.2 Å². The summed E-state index contributed by atoms with van der Waals surface area (Å²) in [6.45, 7) is 2.82. The molecule has 2 N–H and O–H groups in total. The molecule has 0 bridgehead atoms. The fourth-order valence-electron chi connectivity index (χ4n) is 4.95. The summed E-state index contributed by atoms with van der Waals surface area (Å²) in [4.78, 5) is 12.5. The van der Waals surface area contributed by atoms with E-state index in [0.717, 1.165) is 84.7 Å². The van der Waals surface area contributed by atoms with E-state index in [1.54, 1.807) is 6.20 Å². The van der Waals surface area contributed by atoms with Crippen LogP contribution in [0.5, 0.6) is 11.5 Å². The number of nitrogens with one attached hydrogen (secondary N) is 2. The molecule has 6 rings (SSSR count). The van der Waals surface area contributed by atoms with Gasteiger partial charge >= 0.3 is 0 Å². The van der Waals surface area contributed by atoms with Crippen molar-refractivity contribution in [3.05, 3.63) is 71.8 Å². The molecule has 168 valence electrons. The molecule has 2 aliphatic heterocycles. The van der Waals surface area contributed by atoms with Crippen LogP contribution in [0, 0.1) is 0 Å². The molecule has 1 atom stereocenters. The summed E-state index contributed by atoms with van der Waals surface area (Å²) in [5, 5.41) is 4.43. The summed E-state index contributed by atoms with van der Waals surface area (Å²) in [5.41, 5.74) is 6.81. The number of fused-ring (bicyclic) bond motifs is 2. The Morgan fingerprint density at radius 1 is 1.06 bits per heavy atom. The average molecular weight is 441 g/mol. The van der Waals surface area contributed by atoms with Crippen molar-refractivity contribution in [3.8, 4) is 22.6 Å². The van der Waals surface area contributed by atoms with Crippen LogP contribution >= 0.6 is 0 Å². The van der Waals surface area contributed by atoms with Crippen LogP contribution in [0.15, 0.2) is 55.0 Å².